The minimum atomic E-state index is -0.717. The SMILES string of the molecule is CC(Oc1ccc(-c2ccccc2)cc1)C(=O)N(C)Cc1ccccc1[N+](=O)[O-]. The average molecular weight is 390 g/mol. The molecule has 6 nitrogen and oxygen atoms in total. The van der Waals surface area contributed by atoms with Gasteiger partial charge in [-0.05, 0) is 30.2 Å². The lowest BCUT2D eigenvalue weighted by atomic mass is 10.1. The normalized spacial score (nSPS) is 11.5. The Bertz CT molecular complexity index is 987. The van der Waals surface area contributed by atoms with Crippen molar-refractivity contribution in [3.8, 4) is 16.9 Å². The molecule has 0 aliphatic rings. The van der Waals surface area contributed by atoms with Gasteiger partial charge in [0.15, 0.2) is 6.10 Å². The lowest BCUT2D eigenvalue weighted by Gasteiger charge is -2.22. The summed E-state index contributed by atoms with van der Waals surface area (Å²) in [5, 5.41) is 11.2. The van der Waals surface area contributed by atoms with Crippen LogP contribution in [0.15, 0.2) is 78.9 Å². The van der Waals surface area contributed by atoms with Gasteiger partial charge in [0.2, 0.25) is 0 Å². The van der Waals surface area contributed by atoms with Gasteiger partial charge in [-0.25, -0.2) is 0 Å². The van der Waals surface area contributed by atoms with Crippen LogP contribution in [0.2, 0.25) is 0 Å². The molecule has 0 N–H and O–H groups in total. The van der Waals surface area contributed by atoms with Gasteiger partial charge in [0.25, 0.3) is 11.6 Å². The maximum Gasteiger partial charge on any atom is 0.274 e. The van der Waals surface area contributed by atoms with Gasteiger partial charge in [0, 0.05) is 18.7 Å². The van der Waals surface area contributed by atoms with Crippen LogP contribution in [-0.4, -0.2) is 28.9 Å². The molecule has 0 saturated carbocycles. The Kier molecular flexibility index (Phi) is 6.24. The van der Waals surface area contributed by atoms with E-state index in [2.05, 4.69) is 0 Å². The molecule has 0 heterocycles. The summed E-state index contributed by atoms with van der Waals surface area (Å²) in [6.45, 7) is 1.81. The van der Waals surface area contributed by atoms with Crippen molar-refractivity contribution in [1.82, 2.24) is 4.90 Å². The second-order valence-corrected chi connectivity index (χ2v) is 6.73. The van der Waals surface area contributed by atoms with Crippen LogP contribution in [0.4, 0.5) is 5.69 Å². The van der Waals surface area contributed by atoms with Gasteiger partial charge in [-0.2, -0.15) is 0 Å². The number of carbonyl (C=O) groups excluding carboxylic acids is 1. The first kappa shape index (κ1) is 20.1. The number of hydrogen-bond donors (Lipinski definition) is 0. The van der Waals surface area contributed by atoms with Crippen LogP contribution in [0.3, 0.4) is 0 Å². The highest BCUT2D eigenvalue weighted by Gasteiger charge is 2.22. The molecule has 0 saturated heterocycles. The lowest BCUT2D eigenvalue weighted by Crippen LogP contribution is -2.37. The largest absolute Gasteiger partial charge is 0.481 e. The summed E-state index contributed by atoms with van der Waals surface area (Å²) in [5.41, 5.74) is 2.64. The van der Waals surface area contributed by atoms with Crippen molar-refractivity contribution in [2.24, 2.45) is 0 Å². The summed E-state index contributed by atoms with van der Waals surface area (Å²) < 4.78 is 5.78. The fourth-order valence-corrected chi connectivity index (χ4v) is 3.08. The highest BCUT2D eigenvalue weighted by Crippen LogP contribution is 2.23. The zero-order chi connectivity index (χ0) is 20.8. The fraction of sp³-hybridized carbons (Fsp3) is 0.174. The van der Waals surface area contributed by atoms with Gasteiger partial charge >= 0.3 is 0 Å². The van der Waals surface area contributed by atoms with Crippen molar-refractivity contribution in [3.63, 3.8) is 0 Å². The number of hydrogen-bond acceptors (Lipinski definition) is 4. The molecule has 0 radical (unpaired) electrons. The first-order valence-electron chi connectivity index (χ1n) is 9.25. The number of nitro benzene ring substituents is 1. The third-order valence-corrected chi connectivity index (χ3v) is 4.59. The average Bonchev–Trinajstić information content (AvgIpc) is 2.74. The van der Waals surface area contributed by atoms with E-state index < -0.39 is 11.0 Å². The second-order valence-electron chi connectivity index (χ2n) is 6.73. The molecule has 0 spiro atoms. The Hall–Kier alpha value is -3.67. The summed E-state index contributed by atoms with van der Waals surface area (Å²) in [6, 6.07) is 23.9. The number of nitro groups is 1. The van der Waals surface area contributed by atoms with Gasteiger partial charge in [-0.3, -0.25) is 14.9 Å². The summed E-state index contributed by atoms with van der Waals surface area (Å²) >= 11 is 0. The summed E-state index contributed by atoms with van der Waals surface area (Å²) in [7, 11) is 1.61. The molecule has 29 heavy (non-hydrogen) atoms. The van der Waals surface area contributed by atoms with E-state index in [1.807, 2.05) is 54.6 Å². The highest BCUT2D eigenvalue weighted by molar-refractivity contribution is 5.80. The molecule has 3 aromatic carbocycles. The topological polar surface area (TPSA) is 72.7 Å². The van der Waals surface area contributed by atoms with Crippen LogP contribution in [0.1, 0.15) is 12.5 Å². The molecule has 0 fully saturated rings. The number of likely N-dealkylation sites (N-methyl/N-ethyl adjacent to an activating group) is 1. The number of amides is 1. The molecule has 0 aromatic heterocycles. The summed E-state index contributed by atoms with van der Waals surface area (Å²) in [6.07, 6.45) is -0.717. The first-order chi connectivity index (χ1) is 14.0. The number of benzene rings is 3. The standard InChI is InChI=1S/C23H22N2O4/c1-17(23(26)24(2)16-20-10-6-7-11-22(20)25(27)28)29-21-14-12-19(13-15-21)18-8-4-3-5-9-18/h3-15,17H,16H2,1-2H3. The van der Waals surface area contributed by atoms with Gasteiger partial charge in [0.1, 0.15) is 5.75 Å². The van der Waals surface area contributed by atoms with Crippen LogP contribution in [-0.2, 0) is 11.3 Å². The van der Waals surface area contributed by atoms with Gasteiger partial charge < -0.3 is 9.64 Å². The molecular weight excluding hydrogens is 368 g/mol. The van der Waals surface area contributed by atoms with Crippen LogP contribution in [0, 0.1) is 10.1 Å². The molecule has 0 aliphatic carbocycles. The monoisotopic (exact) mass is 390 g/mol. The predicted octanol–water partition coefficient (Wildman–Crippen LogP) is 4.69. The Balaban J connectivity index is 1.64. The number of para-hydroxylation sites is 1. The van der Waals surface area contributed by atoms with Gasteiger partial charge in [0.05, 0.1) is 11.5 Å². The zero-order valence-electron chi connectivity index (χ0n) is 16.3. The number of rotatable bonds is 7. The van der Waals surface area contributed by atoms with Gasteiger partial charge in [-0.1, -0.05) is 60.7 Å². The predicted molar refractivity (Wildman–Crippen MR) is 112 cm³/mol. The van der Waals surface area contributed by atoms with E-state index in [-0.39, 0.29) is 18.1 Å². The van der Waals surface area contributed by atoms with Crippen molar-refractivity contribution in [2.45, 2.75) is 19.6 Å². The molecule has 1 amide bonds. The molecule has 148 valence electrons. The van der Waals surface area contributed by atoms with Crippen molar-refractivity contribution in [3.05, 3.63) is 94.5 Å². The Morgan fingerprint density at radius 2 is 1.55 bits per heavy atom. The van der Waals surface area contributed by atoms with Gasteiger partial charge in [-0.15, -0.1) is 0 Å². The van der Waals surface area contributed by atoms with E-state index in [4.69, 9.17) is 4.74 Å². The quantitative estimate of drug-likeness (QED) is 0.433. The smallest absolute Gasteiger partial charge is 0.274 e. The minimum Gasteiger partial charge on any atom is -0.481 e. The second kappa shape index (κ2) is 9.01. The highest BCUT2D eigenvalue weighted by atomic mass is 16.6. The molecule has 3 rings (SSSR count). The van der Waals surface area contributed by atoms with E-state index in [0.29, 0.717) is 11.3 Å². The summed E-state index contributed by atoms with van der Waals surface area (Å²) in [5.74, 6) is 0.333. The molecule has 1 unspecified atom stereocenters. The fourth-order valence-electron chi connectivity index (χ4n) is 3.08. The minimum absolute atomic E-state index is 0.00257. The van der Waals surface area contributed by atoms with Crippen LogP contribution in [0.25, 0.3) is 11.1 Å². The molecule has 0 aliphatic heterocycles. The van der Waals surface area contributed by atoms with Crippen molar-refractivity contribution in [2.75, 3.05) is 7.05 Å². The van der Waals surface area contributed by atoms with Crippen LogP contribution >= 0.6 is 0 Å². The van der Waals surface area contributed by atoms with E-state index in [1.54, 1.807) is 32.2 Å². The maximum atomic E-state index is 12.7. The van der Waals surface area contributed by atoms with Crippen molar-refractivity contribution in [1.29, 1.82) is 0 Å². The Morgan fingerprint density at radius 3 is 2.21 bits per heavy atom. The third kappa shape index (κ3) is 4.99. The van der Waals surface area contributed by atoms with Crippen LogP contribution < -0.4 is 4.74 Å². The zero-order valence-corrected chi connectivity index (χ0v) is 16.3. The molecule has 3 aromatic rings. The van der Waals surface area contributed by atoms with Crippen LogP contribution in [0.5, 0.6) is 5.75 Å². The Labute approximate surface area is 169 Å². The number of nitrogens with zero attached hydrogens (tertiary/aromatic N) is 2. The third-order valence-electron chi connectivity index (χ3n) is 4.59. The lowest BCUT2D eigenvalue weighted by molar-refractivity contribution is -0.385. The van der Waals surface area contributed by atoms with E-state index in [1.165, 1.54) is 11.0 Å². The first-order valence-corrected chi connectivity index (χ1v) is 9.25. The van der Waals surface area contributed by atoms with E-state index in [0.717, 1.165) is 11.1 Å². The molecule has 1 atom stereocenters. The van der Waals surface area contributed by atoms with Crippen molar-refractivity contribution >= 4 is 11.6 Å². The van der Waals surface area contributed by atoms with E-state index in [9.17, 15) is 14.9 Å². The number of carbonyl (C=O) groups is 1. The van der Waals surface area contributed by atoms with Crippen molar-refractivity contribution < 1.29 is 14.5 Å². The summed E-state index contributed by atoms with van der Waals surface area (Å²) in [4.78, 5) is 24.8. The Morgan fingerprint density at radius 1 is 0.966 bits per heavy atom. The number of ether oxygens (including phenoxy) is 1. The molecule has 0 bridgehead atoms. The molecular formula is C23H22N2O4. The molecule has 6 heteroatoms. The maximum absolute atomic E-state index is 12.7. The van der Waals surface area contributed by atoms with E-state index >= 15 is 0 Å².